The standard InChI is InChI=1S/C15H16INS/c1-10(2)11-3-6-13(7-4-11)18-15-8-5-12(16)9-14(15)17/h3-10H,17H2,1-2H3. The van der Waals surface area contributed by atoms with E-state index in [4.69, 9.17) is 5.73 Å². The van der Waals surface area contributed by atoms with Crippen molar-refractivity contribution in [2.24, 2.45) is 0 Å². The van der Waals surface area contributed by atoms with Gasteiger partial charge in [0.25, 0.3) is 0 Å². The molecule has 0 saturated carbocycles. The van der Waals surface area contributed by atoms with E-state index in [-0.39, 0.29) is 0 Å². The van der Waals surface area contributed by atoms with Gasteiger partial charge in [-0.1, -0.05) is 37.7 Å². The minimum atomic E-state index is 0.576. The first-order chi connectivity index (χ1) is 8.56. The van der Waals surface area contributed by atoms with Crippen LogP contribution in [0.4, 0.5) is 5.69 Å². The lowest BCUT2D eigenvalue weighted by molar-refractivity contribution is 0.865. The van der Waals surface area contributed by atoms with Crippen LogP contribution in [-0.2, 0) is 0 Å². The van der Waals surface area contributed by atoms with Gasteiger partial charge >= 0.3 is 0 Å². The van der Waals surface area contributed by atoms with Crippen LogP contribution < -0.4 is 5.73 Å². The first kappa shape index (κ1) is 13.7. The Labute approximate surface area is 126 Å². The summed E-state index contributed by atoms with van der Waals surface area (Å²) in [5, 5.41) is 0. The highest BCUT2D eigenvalue weighted by Gasteiger charge is 2.04. The zero-order valence-corrected chi connectivity index (χ0v) is 13.5. The maximum atomic E-state index is 6.02. The Hall–Kier alpha value is -0.680. The number of rotatable bonds is 3. The minimum absolute atomic E-state index is 0.576. The average molecular weight is 369 g/mol. The van der Waals surface area contributed by atoms with E-state index >= 15 is 0 Å². The van der Waals surface area contributed by atoms with Gasteiger partial charge in [0.15, 0.2) is 0 Å². The molecule has 0 unspecified atom stereocenters. The smallest absolute Gasteiger partial charge is 0.0466 e. The van der Waals surface area contributed by atoms with Gasteiger partial charge in [-0.15, -0.1) is 0 Å². The van der Waals surface area contributed by atoms with Crippen molar-refractivity contribution in [3.05, 3.63) is 51.6 Å². The first-order valence-electron chi connectivity index (χ1n) is 5.89. The number of halogens is 1. The number of hydrogen-bond donors (Lipinski definition) is 1. The van der Waals surface area contributed by atoms with E-state index in [1.165, 1.54) is 14.0 Å². The van der Waals surface area contributed by atoms with Crippen LogP contribution in [0.2, 0.25) is 0 Å². The molecule has 0 saturated heterocycles. The van der Waals surface area contributed by atoms with E-state index in [0.29, 0.717) is 5.92 Å². The molecule has 0 aliphatic heterocycles. The molecular weight excluding hydrogens is 353 g/mol. The molecule has 2 aromatic rings. The lowest BCUT2D eigenvalue weighted by Crippen LogP contribution is -1.89. The maximum absolute atomic E-state index is 6.02. The SMILES string of the molecule is CC(C)c1ccc(Sc2ccc(I)cc2N)cc1. The molecule has 0 heterocycles. The fraction of sp³-hybridized carbons (Fsp3) is 0.200. The van der Waals surface area contributed by atoms with Crippen molar-refractivity contribution in [1.29, 1.82) is 0 Å². The van der Waals surface area contributed by atoms with Crippen molar-refractivity contribution in [2.45, 2.75) is 29.6 Å². The van der Waals surface area contributed by atoms with Gasteiger partial charge in [0.1, 0.15) is 0 Å². The van der Waals surface area contributed by atoms with E-state index in [1.54, 1.807) is 11.8 Å². The lowest BCUT2D eigenvalue weighted by atomic mass is 10.0. The molecule has 1 nitrogen and oxygen atoms in total. The topological polar surface area (TPSA) is 26.0 Å². The van der Waals surface area contributed by atoms with Gasteiger partial charge in [-0.2, -0.15) is 0 Å². The Bertz CT molecular complexity index is 535. The highest BCUT2D eigenvalue weighted by Crippen LogP contribution is 2.33. The third-order valence-electron chi connectivity index (χ3n) is 2.75. The summed E-state index contributed by atoms with van der Waals surface area (Å²) in [5.41, 5.74) is 8.24. The molecule has 0 aliphatic rings. The Morgan fingerprint density at radius 2 is 1.72 bits per heavy atom. The molecule has 2 rings (SSSR count). The largest absolute Gasteiger partial charge is 0.398 e. The highest BCUT2D eigenvalue weighted by molar-refractivity contribution is 14.1. The Balaban J connectivity index is 2.18. The molecule has 0 aliphatic carbocycles. The second kappa shape index (κ2) is 5.97. The van der Waals surface area contributed by atoms with Crippen molar-refractivity contribution >= 4 is 40.0 Å². The van der Waals surface area contributed by atoms with Crippen LogP contribution in [-0.4, -0.2) is 0 Å². The number of hydrogen-bond acceptors (Lipinski definition) is 2. The fourth-order valence-electron chi connectivity index (χ4n) is 1.66. The molecular formula is C15H16INS. The van der Waals surface area contributed by atoms with Crippen LogP contribution in [0, 0.1) is 3.57 Å². The second-order valence-corrected chi connectivity index (χ2v) is 6.87. The molecule has 2 aromatic carbocycles. The summed E-state index contributed by atoms with van der Waals surface area (Å²) in [6.45, 7) is 4.42. The summed E-state index contributed by atoms with van der Waals surface area (Å²) in [6, 6.07) is 14.9. The molecule has 0 bridgehead atoms. The predicted octanol–water partition coefficient (Wildman–Crippen LogP) is 5.15. The lowest BCUT2D eigenvalue weighted by Gasteiger charge is -2.08. The predicted molar refractivity (Wildman–Crippen MR) is 88.2 cm³/mol. The third kappa shape index (κ3) is 3.42. The van der Waals surface area contributed by atoms with Crippen molar-refractivity contribution in [3.63, 3.8) is 0 Å². The van der Waals surface area contributed by atoms with E-state index in [2.05, 4.69) is 72.8 Å². The summed E-state index contributed by atoms with van der Waals surface area (Å²) < 4.78 is 1.17. The van der Waals surface area contributed by atoms with Crippen LogP contribution in [0.15, 0.2) is 52.3 Å². The van der Waals surface area contributed by atoms with Crippen LogP contribution in [0.5, 0.6) is 0 Å². The van der Waals surface area contributed by atoms with Crippen LogP contribution in [0.1, 0.15) is 25.3 Å². The Kier molecular flexibility index (Phi) is 4.56. The van der Waals surface area contributed by atoms with Gasteiger partial charge < -0.3 is 5.73 Å². The van der Waals surface area contributed by atoms with Gasteiger partial charge in [0.05, 0.1) is 0 Å². The van der Waals surface area contributed by atoms with Gasteiger partial charge in [-0.3, -0.25) is 0 Å². The van der Waals surface area contributed by atoms with Crippen molar-refractivity contribution in [3.8, 4) is 0 Å². The number of benzene rings is 2. The van der Waals surface area contributed by atoms with E-state index in [9.17, 15) is 0 Å². The first-order valence-corrected chi connectivity index (χ1v) is 7.78. The summed E-state index contributed by atoms with van der Waals surface area (Å²) >= 11 is 3.99. The quantitative estimate of drug-likeness (QED) is 0.598. The molecule has 0 spiro atoms. The zero-order chi connectivity index (χ0) is 13.1. The second-order valence-electron chi connectivity index (χ2n) is 4.51. The summed E-state index contributed by atoms with van der Waals surface area (Å²) in [5.74, 6) is 0.576. The van der Waals surface area contributed by atoms with E-state index < -0.39 is 0 Å². The van der Waals surface area contributed by atoms with Crippen LogP contribution in [0.3, 0.4) is 0 Å². The summed E-state index contributed by atoms with van der Waals surface area (Å²) in [4.78, 5) is 2.35. The van der Waals surface area contributed by atoms with E-state index in [1.807, 2.05) is 6.07 Å². The van der Waals surface area contributed by atoms with Crippen LogP contribution >= 0.6 is 34.4 Å². The summed E-state index contributed by atoms with van der Waals surface area (Å²) in [7, 11) is 0. The molecule has 3 heteroatoms. The number of nitrogen functional groups attached to an aromatic ring is 1. The van der Waals surface area contributed by atoms with Crippen molar-refractivity contribution in [2.75, 3.05) is 5.73 Å². The molecule has 2 N–H and O–H groups in total. The normalized spacial score (nSPS) is 10.9. The molecule has 18 heavy (non-hydrogen) atoms. The monoisotopic (exact) mass is 369 g/mol. The molecule has 0 fully saturated rings. The number of anilines is 1. The average Bonchev–Trinajstić information content (AvgIpc) is 2.33. The minimum Gasteiger partial charge on any atom is -0.398 e. The molecule has 0 atom stereocenters. The molecule has 0 radical (unpaired) electrons. The van der Waals surface area contributed by atoms with Gasteiger partial charge in [-0.05, 0) is 64.4 Å². The molecule has 0 aromatic heterocycles. The molecule has 0 amide bonds. The molecule has 94 valence electrons. The van der Waals surface area contributed by atoms with Gasteiger partial charge in [-0.25, -0.2) is 0 Å². The Morgan fingerprint density at radius 1 is 1.06 bits per heavy atom. The number of nitrogens with two attached hydrogens (primary N) is 1. The van der Waals surface area contributed by atoms with Gasteiger partial charge in [0, 0.05) is 19.0 Å². The van der Waals surface area contributed by atoms with Crippen molar-refractivity contribution in [1.82, 2.24) is 0 Å². The van der Waals surface area contributed by atoms with E-state index in [0.717, 1.165) is 10.6 Å². The zero-order valence-electron chi connectivity index (χ0n) is 10.5. The highest BCUT2D eigenvalue weighted by atomic mass is 127. The van der Waals surface area contributed by atoms with Gasteiger partial charge in [0.2, 0.25) is 0 Å². The summed E-state index contributed by atoms with van der Waals surface area (Å²) in [6.07, 6.45) is 0. The van der Waals surface area contributed by atoms with Crippen molar-refractivity contribution < 1.29 is 0 Å². The maximum Gasteiger partial charge on any atom is 0.0466 e. The Morgan fingerprint density at radius 3 is 2.28 bits per heavy atom. The van der Waals surface area contributed by atoms with Crippen LogP contribution in [0.25, 0.3) is 0 Å². The third-order valence-corrected chi connectivity index (χ3v) is 4.52. The fourth-order valence-corrected chi connectivity index (χ4v) is 3.01.